The van der Waals surface area contributed by atoms with Crippen molar-refractivity contribution >= 4 is 17.8 Å². The Hall–Kier alpha value is -1.67. The number of ether oxygens (including phenoxy) is 2. The summed E-state index contributed by atoms with van der Waals surface area (Å²) in [6.45, 7) is 3.24. The van der Waals surface area contributed by atoms with Gasteiger partial charge in [-0.05, 0) is 25.7 Å². The molecular formula is C17H28N2O6. The molecule has 2 aliphatic heterocycles. The van der Waals surface area contributed by atoms with Crippen LogP contribution in [-0.4, -0.2) is 84.3 Å². The minimum atomic E-state index is -1.06. The van der Waals surface area contributed by atoms with E-state index in [0.717, 1.165) is 32.3 Å². The standard InChI is InChI=1S/C17H28N2O6/c1-13(20)19(12-17(22)23)11-15-10-18(7-9-25-15)16(21)6-5-14-4-2-3-8-24-14/h14-15H,2-12H2,1H3,(H,22,23). The summed E-state index contributed by atoms with van der Waals surface area (Å²) in [4.78, 5) is 37.8. The molecule has 0 aromatic carbocycles. The van der Waals surface area contributed by atoms with Crippen LogP contribution in [0.5, 0.6) is 0 Å². The average molecular weight is 356 g/mol. The second kappa shape index (κ2) is 9.72. The normalized spacial score (nSPS) is 24.0. The number of nitrogens with zero attached hydrogens (tertiary/aromatic N) is 2. The van der Waals surface area contributed by atoms with Crippen LogP contribution < -0.4 is 0 Å². The van der Waals surface area contributed by atoms with Gasteiger partial charge in [-0.3, -0.25) is 14.4 Å². The van der Waals surface area contributed by atoms with Crippen molar-refractivity contribution in [2.75, 3.05) is 39.4 Å². The summed E-state index contributed by atoms with van der Waals surface area (Å²) >= 11 is 0. The smallest absolute Gasteiger partial charge is 0.323 e. The van der Waals surface area contributed by atoms with Crippen LogP contribution in [-0.2, 0) is 23.9 Å². The monoisotopic (exact) mass is 356 g/mol. The quantitative estimate of drug-likeness (QED) is 0.713. The first-order valence-electron chi connectivity index (χ1n) is 8.94. The fourth-order valence-corrected chi connectivity index (χ4v) is 3.25. The summed E-state index contributed by atoms with van der Waals surface area (Å²) in [5.41, 5.74) is 0. The van der Waals surface area contributed by atoms with Crippen molar-refractivity contribution in [2.45, 2.75) is 51.2 Å². The van der Waals surface area contributed by atoms with E-state index < -0.39 is 5.97 Å². The largest absolute Gasteiger partial charge is 0.480 e. The summed E-state index contributed by atoms with van der Waals surface area (Å²) in [7, 11) is 0. The molecule has 1 N–H and O–H groups in total. The number of carbonyl (C=O) groups is 3. The van der Waals surface area contributed by atoms with E-state index in [4.69, 9.17) is 14.6 Å². The Morgan fingerprint density at radius 2 is 1.92 bits per heavy atom. The molecule has 0 radical (unpaired) electrons. The molecule has 0 spiro atoms. The zero-order chi connectivity index (χ0) is 18.2. The Morgan fingerprint density at radius 3 is 2.56 bits per heavy atom. The van der Waals surface area contributed by atoms with Gasteiger partial charge in [-0.15, -0.1) is 0 Å². The van der Waals surface area contributed by atoms with Crippen LogP contribution in [0.1, 0.15) is 39.0 Å². The number of aliphatic carboxylic acids is 1. The zero-order valence-corrected chi connectivity index (χ0v) is 14.8. The van der Waals surface area contributed by atoms with Gasteiger partial charge in [-0.1, -0.05) is 0 Å². The van der Waals surface area contributed by atoms with Gasteiger partial charge in [0.1, 0.15) is 6.54 Å². The predicted molar refractivity (Wildman–Crippen MR) is 89.0 cm³/mol. The SMILES string of the molecule is CC(=O)N(CC(=O)O)CC1CN(C(=O)CCC2CCCCO2)CCO1. The van der Waals surface area contributed by atoms with Gasteiger partial charge in [-0.25, -0.2) is 0 Å². The first-order chi connectivity index (χ1) is 12.0. The van der Waals surface area contributed by atoms with Crippen LogP contribution >= 0.6 is 0 Å². The van der Waals surface area contributed by atoms with Crippen molar-refractivity contribution in [1.82, 2.24) is 9.80 Å². The number of carboxylic acids is 1. The van der Waals surface area contributed by atoms with Crippen molar-refractivity contribution in [3.63, 3.8) is 0 Å². The van der Waals surface area contributed by atoms with Crippen LogP contribution in [0.4, 0.5) is 0 Å². The van der Waals surface area contributed by atoms with Crippen molar-refractivity contribution in [2.24, 2.45) is 0 Å². The highest BCUT2D eigenvalue weighted by molar-refractivity contribution is 5.79. The summed E-state index contributed by atoms with van der Waals surface area (Å²) in [6, 6.07) is 0. The summed E-state index contributed by atoms with van der Waals surface area (Å²) in [5, 5.41) is 8.89. The molecule has 25 heavy (non-hydrogen) atoms. The fourth-order valence-electron chi connectivity index (χ4n) is 3.25. The van der Waals surface area contributed by atoms with Gasteiger partial charge < -0.3 is 24.4 Å². The maximum Gasteiger partial charge on any atom is 0.323 e. The first-order valence-corrected chi connectivity index (χ1v) is 8.94. The Morgan fingerprint density at radius 1 is 1.16 bits per heavy atom. The summed E-state index contributed by atoms with van der Waals surface area (Å²) < 4.78 is 11.3. The van der Waals surface area contributed by atoms with E-state index in [1.165, 1.54) is 11.8 Å². The maximum absolute atomic E-state index is 12.4. The molecule has 2 heterocycles. The van der Waals surface area contributed by atoms with Crippen molar-refractivity contribution in [3.05, 3.63) is 0 Å². The summed E-state index contributed by atoms with van der Waals surface area (Å²) in [6.07, 6.45) is 4.27. The van der Waals surface area contributed by atoms with Gasteiger partial charge in [0.05, 0.1) is 18.8 Å². The molecule has 8 nitrogen and oxygen atoms in total. The third-order valence-corrected chi connectivity index (χ3v) is 4.64. The van der Waals surface area contributed by atoms with Gasteiger partial charge in [0.15, 0.2) is 0 Å². The van der Waals surface area contributed by atoms with Crippen LogP contribution in [0.3, 0.4) is 0 Å². The number of amides is 2. The molecule has 2 aliphatic rings. The minimum Gasteiger partial charge on any atom is -0.480 e. The lowest BCUT2D eigenvalue weighted by atomic mass is 10.0. The van der Waals surface area contributed by atoms with Gasteiger partial charge >= 0.3 is 5.97 Å². The third kappa shape index (κ3) is 6.62. The molecule has 2 atom stereocenters. The Bertz CT molecular complexity index is 478. The van der Waals surface area contributed by atoms with Crippen molar-refractivity contribution in [3.8, 4) is 0 Å². The molecular weight excluding hydrogens is 328 g/mol. The second-order valence-corrected chi connectivity index (χ2v) is 6.65. The number of carboxylic acid groups (broad SMARTS) is 1. The molecule has 2 unspecified atom stereocenters. The molecule has 142 valence electrons. The van der Waals surface area contributed by atoms with Gasteiger partial charge in [0.25, 0.3) is 0 Å². The number of hydrogen-bond donors (Lipinski definition) is 1. The first kappa shape index (κ1) is 19.7. The van der Waals surface area contributed by atoms with E-state index in [0.29, 0.717) is 26.1 Å². The lowest BCUT2D eigenvalue weighted by Gasteiger charge is -2.35. The van der Waals surface area contributed by atoms with E-state index in [1.807, 2.05) is 0 Å². The molecule has 2 fully saturated rings. The molecule has 2 saturated heterocycles. The molecule has 0 aliphatic carbocycles. The van der Waals surface area contributed by atoms with Crippen molar-refractivity contribution in [1.29, 1.82) is 0 Å². The van der Waals surface area contributed by atoms with E-state index >= 15 is 0 Å². The van der Waals surface area contributed by atoms with Crippen LogP contribution in [0.25, 0.3) is 0 Å². The van der Waals surface area contributed by atoms with Crippen LogP contribution in [0.2, 0.25) is 0 Å². The van der Waals surface area contributed by atoms with Gasteiger partial charge in [0.2, 0.25) is 11.8 Å². The number of carbonyl (C=O) groups excluding carboxylic acids is 2. The van der Waals surface area contributed by atoms with E-state index in [-0.39, 0.29) is 37.1 Å². The molecule has 8 heteroatoms. The molecule has 2 amide bonds. The molecule has 0 saturated carbocycles. The maximum atomic E-state index is 12.4. The highest BCUT2D eigenvalue weighted by Gasteiger charge is 2.27. The zero-order valence-electron chi connectivity index (χ0n) is 14.8. The second-order valence-electron chi connectivity index (χ2n) is 6.65. The Kier molecular flexibility index (Phi) is 7.64. The molecule has 0 aromatic rings. The van der Waals surface area contributed by atoms with Crippen LogP contribution in [0.15, 0.2) is 0 Å². The highest BCUT2D eigenvalue weighted by atomic mass is 16.5. The summed E-state index contributed by atoms with van der Waals surface area (Å²) in [5.74, 6) is -1.31. The van der Waals surface area contributed by atoms with E-state index in [2.05, 4.69) is 0 Å². The number of morpholine rings is 1. The molecule has 2 rings (SSSR count). The van der Waals surface area contributed by atoms with Gasteiger partial charge in [0, 0.05) is 39.6 Å². The van der Waals surface area contributed by atoms with E-state index in [1.54, 1.807) is 4.90 Å². The lowest BCUT2D eigenvalue weighted by Crippen LogP contribution is -2.51. The van der Waals surface area contributed by atoms with Crippen LogP contribution in [0, 0.1) is 0 Å². The molecule has 0 bridgehead atoms. The Balaban J connectivity index is 1.79. The van der Waals surface area contributed by atoms with Crippen molar-refractivity contribution < 1.29 is 29.0 Å². The lowest BCUT2D eigenvalue weighted by molar-refractivity contribution is -0.148. The topological polar surface area (TPSA) is 96.4 Å². The van der Waals surface area contributed by atoms with Gasteiger partial charge in [-0.2, -0.15) is 0 Å². The predicted octanol–water partition coefficient (Wildman–Crippen LogP) is 0.496. The Labute approximate surface area is 148 Å². The number of rotatable bonds is 7. The molecule has 0 aromatic heterocycles. The third-order valence-electron chi connectivity index (χ3n) is 4.64. The van der Waals surface area contributed by atoms with E-state index in [9.17, 15) is 14.4 Å². The fraction of sp³-hybridized carbons (Fsp3) is 0.824. The number of hydrogen-bond acceptors (Lipinski definition) is 5. The highest BCUT2D eigenvalue weighted by Crippen LogP contribution is 2.18. The average Bonchev–Trinajstić information content (AvgIpc) is 2.60. The minimum absolute atomic E-state index is 0.0649.